The summed E-state index contributed by atoms with van der Waals surface area (Å²) in [6.45, 7) is 7.78. The van der Waals surface area contributed by atoms with Crippen molar-refractivity contribution in [2.75, 3.05) is 25.0 Å². The van der Waals surface area contributed by atoms with Gasteiger partial charge in [-0.15, -0.1) is 0 Å². The lowest BCUT2D eigenvalue weighted by Gasteiger charge is -2.35. The van der Waals surface area contributed by atoms with Gasteiger partial charge in [-0.1, -0.05) is 55.5 Å². The van der Waals surface area contributed by atoms with E-state index < -0.39 is 0 Å². The molecule has 0 saturated carbocycles. The largest absolute Gasteiger partial charge is 0.324 e. The number of nitrogens with zero attached hydrogens (tertiary/aromatic N) is 1. The number of piperidine rings is 1. The van der Waals surface area contributed by atoms with Gasteiger partial charge in [-0.05, 0) is 68.9 Å². The van der Waals surface area contributed by atoms with Gasteiger partial charge in [0, 0.05) is 12.2 Å². The third-order valence-electron chi connectivity index (χ3n) is 5.78. The van der Waals surface area contributed by atoms with E-state index in [2.05, 4.69) is 58.9 Å². The Morgan fingerprint density at radius 1 is 1.07 bits per heavy atom. The van der Waals surface area contributed by atoms with Gasteiger partial charge in [0.15, 0.2) is 0 Å². The van der Waals surface area contributed by atoms with Crippen LogP contribution in [-0.2, 0) is 17.8 Å². The highest BCUT2D eigenvalue weighted by atomic mass is 16.2. The lowest BCUT2D eigenvalue weighted by atomic mass is 9.89. The first-order chi connectivity index (χ1) is 13.7. The molecule has 0 aromatic heterocycles. The molecule has 2 aromatic carbocycles. The van der Waals surface area contributed by atoms with Crippen molar-refractivity contribution in [1.82, 2.24) is 10.2 Å². The number of carbonyl (C=O) groups excluding carboxylic acids is 1. The number of para-hydroxylation sites is 1. The summed E-state index contributed by atoms with van der Waals surface area (Å²) in [5, 5.41) is 6.48. The quantitative estimate of drug-likeness (QED) is 0.726. The van der Waals surface area contributed by atoms with Gasteiger partial charge in [-0.2, -0.15) is 0 Å². The molecule has 0 aliphatic carbocycles. The normalized spacial score (nSPS) is 16.6. The number of anilines is 1. The fourth-order valence-corrected chi connectivity index (χ4v) is 3.95. The van der Waals surface area contributed by atoms with Gasteiger partial charge in [0.1, 0.15) is 0 Å². The number of rotatable bonds is 8. The Labute approximate surface area is 169 Å². The molecule has 150 valence electrons. The maximum Gasteiger partial charge on any atom is 0.241 e. The molecule has 0 bridgehead atoms. The van der Waals surface area contributed by atoms with Crippen molar-refractivity contribution >= 4 is 11.6 Å². The van der Waals surface area contributed by atoms with Gasteiger partial charge in [0.25, 0.3) is 0 Å². The Bertz CT molecular complexity index is 739. The Hall–Kier alpha value is -2.17. The molecule has 0 spiro atoms. The molecular formula is C24H33N3O. The van der Waals surface area contributed by atoms with Crippen molar-refractivity contribution < 1.29 is 4.79 Å². The van der Waals surface area contributed by atoms with Crippen LogP contribution in [0.15, 0.2) is 54.6 Å². The molecule has 1 aliphatic heterocycles. The monoisotopic (exact) mass is 379 g/mol. The molecule has 28 heavy (non-hydrogen) atoms. The zero-order valence-corrected chi connectivity index (χ0v) is 17.2. The number of hydrogen-bond acceptors (Lipinski definition) is 3. The van der Waals surface area contributed by atoms with Gasteiger partial charge >= 0.3 is 0 Å². The zero-order valence-electron chi connectivity index (χ0n) is 17.2. The molecule has 1 fully saturated rings. The van der Waals surface area contributed by atoms with Crippen molar-refractivity contribution in [2.45, 2.75) is 45.7 Å². The van der Waals surface area contributed by atoms with Gasteiger partial charge in [0.2, 0.25) is 5.91 Å². The summed E-state index contributed by atoms with van der Waals surface area (Å²) in [6, 6.07) is 18.7. The summed E-state index contributed by atoms with van der Waals surface area (Å²) in [6.07, 6.45) is 3.46. The van der Waals surface area contributed by atoms with Crippen LogP contribution in [0.1, 0.15) is 37.8 Å². The zero-order chi connectivity index (χ0) is 19.8. The first kappa shape index (κ1) is 20.6. The molecular weight excluding hydrogens is 346 g/mol. The molecule has 2 N–H and O–H groups in total. The Balaban J connectivity index is 1.51. The van der Waals surface area contributed by atoms with Gasteiger partial charge in [-0.25, -0.2) is 0 Å². The number of benzene rings is 2. The second-order valence-electron chi connectivity index (χ2n) is 7.77. The smallest absolute Gasteiger partial charge is 0.241 e. The number of amides is 1. The third-order valence-corrected chi connectivity index (χ3v) is 5.78. The summed E-state index contributed by atoms with van der Waals surface area (Å²) in [5.41, 5.74) is 3.47. The number of carbonyl (C=O) groups is 1. The molecule has 0 radical (unpaired) electrons. The second-order valence-corrected chi connectivity index (χ2v) is 7.77. The lowest BCUT2D eigenvalue weighted by molar-refractivity contribution is -0.121. The van der Waals surface area contributed by atoms with Gasteiger partial charge in [0.05, 0.1) is 6.04 Å². The molecule has 2 aromatic rings. The standard InChI is InChI=1S/C24H33N3O/c1-3-25-18-22-11-7-8-12-23(22)26-24(28)19(2)27-15-13-21(14-16-27)17-20-9-5-4-6-10-20/h4-12,19,21,25H,3,13-18H2,1-2H3,(H,26,28). The predicted octanol–water partition coefficient (Wildman–Crippen LogP) is 4.08. The Morgan fingerprint density at radius 3 is 2.46 bits per heavy atom. The van der Waals surface area contributed by atoms with Crippen molar-refractivity contribution in [3.8, 4) is 0 Å². The Morgan fingerprint density at radius 2 is 1.75 bits per heavy atom. The molecule has 3 rings (SSSR count). The fourth-order valence-electron chi connectivity index (χ4n) is 3.95. The molecule has 1 amide bonds. The van der Waals surface area contributed by atoms with Crippen LogP contribution >= 0.6 is 0 Å². The highest BCUT2D eigenvalue weighted by Gasteiger charge is 2.27. The van der Waals surface area contributed by atoms with E-state index in [1.165, 1.54) is 5.56 Å². The molecule has 1 heterocycles. The minimum Gasteiger partial charge on any atom is -0.324 e. The molecule has 1 saturated heterocycles. The summed E-state index contributed by atoms with van der Waals surface area (Å²) in [4.78, 5) is 15.2. The van der Waals surface area contributed by atoms with E-state index in [4.69, 9.17) is 0 Å². The molecule has 1 aliphatic rings. The Kier molecular flexibility index (Phi) is 7.63. The van der Waals surface area contributed by atoms with Crippen LogP contribution in [0.5, 0.6) is 0 Å². The molecule has 1 atom stereocenters. The number of nitrogens with one attached hydrogen (secondary N) is 2. The summed E-state index contributed by atoms with van der Waals surface area (Å²) >= 11 is 0. The van der Waals surface area contributed by atoms with Crippen molar-refractivity contribution in [3.05, 3.63) is 65.7 Å². The van der Waals surface area contributed by atoms with E-state index in [0.29, 0.717) is 0 Å². The molecule has 4 heteroatoms. The van der Waals surface area contributed by atoms with Crippen LogP contribution < -0.4 is 10.6 Å². The van der Waals surface area contributed by atoms with Crippen LogP contribution in [-0.4, -0.2) is 36.5 Å². The minimum atomic E-state index is -0.107. The molecule has 1 unspecified atom stereocenters. The van der Waals surface area contributed by atoms with Gasteiger partial charge in [-0.3, -0.25) is 9.69 Å². The van der Waals surface area contributed by atoms with E-state index in [0.717, 1.165) is 62.6 Å². The summed E-state index contributed by atoms with van der Waals surface area (Å²) in [5.74, 6) is 0.806. The average molecular weight is 380 g/mol. The summed E-state index contributed by atoms with van der Waals surface area (Å²) in [7, 11) is 0. The average Bonchev–Trinajstić information content (AvgIpc) is 2.74. The van der Waals surface area contributed by atoms with E-state index in [1.54, 1.807) is 0 Å². The molecule has 4 nitrogen and oxygen atoms in total. The van der Waals surface area contributed by atoms with E-state index in [-0.39, 0.29) is 11.9 Å². The maximum absolute atomic E-state index is 12.8. The van der Waals surface area contributed by atoms with Crippen LogP contribution in [0.2, 0.25) is 0 Å². The van der Waals surface area contributed by atoms with Gasteiger partial charge < -0.3 is 10.6 Å². The highest BCUT2D eigenvalue weighted by molar-refractivity contribution is 5.95. The van der Waals surface area contributed by atoms with Crippen LogP contribution in [0.4, 0.5) is 5.69 Å². The first-order valence-electron chi connectivity index (χ1n) is 10.5. The first-order valence-corrected chi connectivity index (χ1v) is 10.5. The van der Waals surface area contributed by atoms with Crippen molar-refractivity contribution in [3.63, 3.8) is 0 Å². The van der Waals surface area contributed by atoms with Crippen LogP contribution in [0.3, 0.4) is 0 Å². The highest BCUT2D eigenvalue weighted by Crippen LogP contribution is 2.23. The van der Waals surface area contributed by atoms with Crippen LogP contribution in [0.25, 0.3) is 0 Å². The fraction of sp³-hybridized carbons (Fsp3) is 0.458. The predicted molar refractivity (Wildman–Crippen MR) is 116 cm³/mol. The van der Waals surface area contributed by atoms with Crippen molar-refractivity contribution in [1.29, 1.82) is 0 Å². The topological polar surface area (TPSA) is 44.4 Å². The third kappa shape index (κ3) is 5.66. The van der Waals surface area contributed by atoms with Crippen LogP contribution in [0, 0.1) is 5.92 Å². The SMILES string of the molecule is CCNCc1ccccc1NC(=O)C(C)N1CCC(Cc2ccccc2)CC1. The van der Waals surface area contributed by atoms with Crippen molar-refractivity contribution in [2.24, 2.45) is 5.92 Å². The second kappa shape index (κ2) is 10.4. The van der Waals surface area contributed by atoms with E-state index in [9.17, 15) is 4.79 Å². The van der Waals surface area contributed by atoms with E-state index >= 15 is 0 Å². The van der Waals surface area contributed by atoms with E-state index in [1.807, 2.05) is 25.1 Å². The minimum absolute atomic E-state index is 0.0884. The number of likely N-dealkylation sites (tertiary alicyclic amines) is 1. The lowest BCUT2D eigenvalue weighted by Crippen LogP contribution is -2.46. The summed E-state index contributed by atoms with van der Waals surface area (Å²) < 4.78 is 0. The number of hydrogen-bond donors (Lipinski definition) is 2. The maximum atomic E-state index is 12.8.